The second-order valence-corrected chi connectivity index (χ2v) is 7.52. The molecule has 0 spiro atoms. The summed E-state index contributed by atoms with van der Waals surface area (Å²) in [5.74, 6) is 1.06. The van der Waals surface area contributed by atoms with Gasteiger partial charge in [0.1, 0.15) is 10.8 Å². The number of halogens is 1. The molecule has 1 aliphatic rings. The van der Waals surface area contributed by atoms with Gasteiger partial charge in [-0.2, -0.15) is 5.10 Å². The van der Waals surface area contributed by atoms with Crippen LogP contribution in [0.15, 0.2) is 36.5 Å². The first kappa shape index (κ1) is 22.6. The van der Waals surface area contributed by atoms with E-state index in [0.717, 1.165) is 34.4 Å². The lowest BCUT2D eigenvalue weighted by Crippen LogP contribution is -2.09. The van der Waals surface area contributed by atoms with E-state index in [1.165, 1.54) is 12.8 Å². The highest BCUT2D eigenvalue weighted by Gasteiger charge is 2.23. The van der Waals surface area contributed by atoms with Crippen molar-refractivity contribution in [1.82, 2.24) is 20.2 Å². The topological polar surface area (TPSA) is 113 Å². The first-order chi connectivity index (χ1) is 15.0. The Hall–Kier alpha value is -3.10. The molecule has 9 heteroatoms. The van der Waals surface area contributed by atoms with Crippen molar-refractivity contribution in [2.45, 2.75) is 25.7 Å². The summed E-state index contributed by atoms with van der Waals surface area (Å²) >= 11 is 6.04. The molecule has 1 aliphatic carbocycles. The predicted octanol–water partition coefficient (Wildman–Crippen LogP) is 3.72. The molecule has 0 radical (unpaired) electrons. The van der Waals surface area contributed by atoms with Crippen LogP contribution >= 0.6 is 11.6 Å². The number of aldehydes is 1. The third kappa shape index (κ3) is 6.44. The highest BCUT2D eigenvalue weighted by Crippen LogP contribution is 2.39. The molecule has 1 saturated carbocycles. The second-order valence-electron chi connectivity index (χ2n) is 7.14. The maximum absolute atomic E-state index is 10.3. The molecule has 1 aromatic carbocycles. The Morgan fingerprint density at radius 3 is 2.71 bits per heavy atom. The number of aryl methyl sites for hydroxylation is 1. The number of anilines is 2. The zero-order valence-corrected chi connectivity index (χ0v) is 18.2. The molecular weight excluding hydrogens is 416 g/mol. The largest absolute Gasteiger partial charge is 0.395 e. The van der Waals surface area contributed by atoms with E-state index in [9.17, 15) is 4.79 Å². The van der Waals surface area contributed by atoms with Gasteiger partial charge in [-0.3, -0.25) is 4.79 Å². The van der Waals surface area contributed by atoms with Crippen LogP contribution in [0.5, 0.6) is 0 Å². The quantitative estimate of drug-likeness (QED) is 0.376. The van der Waals surface area contributed by atoms with Crippen molar-refractivity contribution in [1.29, 1.82) is 0 Å². The number of benzene rings is 1. The molecule has 1 fully saturated rings. The van der Waals surface area contributed by atoms with Crippen LogP contribution in [0, 0.1) is 6.92 Å². The summed E-state index contributed by atoms with van der Waals surface area (Å²) < 4.78 is 0. The predicted molar refractivity (Wildman–Crippen MR) is 122 cm³/mol. The standard InChI is InChI=1S/C14H17ClN4O.C8H8N2O/c1-9-3-4-10(16-2)7-11(9)12-8-13(15)19-14(18-12)17-5-6-20;11-5-8-3-7(4-9-10-8)6-1-2-6/h3-4,7-8,16,20H,5-6H2,1-2H3,(H,17,18,19);3-6H,1-2H2. The Balaban J connectivity index is 0.000000207. The van der Waals surface area contributed by atoms with E-state index < -0.39 is 0 Å². The average Bonchev–Trinajstić information content (AvgIpc) is 3.64. The van der Waals surface area contributed by atoms with Gasteiger partial charge in [0.2, 0.25) is 5.95 Å². The van der Waals surface area contributed by atoms with Crippen LogP contribution in [0.25, 0.3) is 11.3 Å². The number of hydrogen-bond donors (Lipinski definition) is 3. The number of aliphatic hydroxyl groups is 1. The highest BCUT2D eigenvalue weighted by atomic mass is 35.5. The maximum Gasteiger partial charge on any atom is 0.224 e. The molecule has 3 N–H and O–H groups in total. The number of carbonyl (C=O) groups excluding carboxylic acids is 1. The zero-order valence-electron chi connectivity index (χ0n) is 17.5. The Labute approximate surface area is 186 Å². The Morgan fingerprint density at radius 2 is 2.03 bits per heavy atom. The Morgan fingerprint density at radius 1 is 1.23 bits per heavy atom. The molecule has 0 saturated heterocycles. The van der Waals surface area contributed by atoms with Gasteiger partial charge in [-0.05, 0) is 55.0 Å². The van der Waals surface area contributed by atoms with E-state index >= 15 is 0 Å². The van der Waals surface area contributed by atoms with Crippen LogP contribution in [0.3, 0.4) is 0 Å². The third-order valence-corrected chi connectivity index (χ3v) is 4.95. The number of aromatic nitrogens is 4. The molecule has 31 heavy (non-hydrogen) atoms. The number of carbonyl (C=O) groups is 1. The minimum absolute atomic E-state index is 0.0134. The molecule has 0 atom stereocenters. The SMILES string of the molecule is CNc1ccc(C)c(-c2cc(Cl)nc(NCCO)n2)c1.O=Cc1cc(C2CC2)cnn1. The third-order valence-electron chi connectivity index (χ3n) is 4.76. The van der Waals surface area contributed by atoms with Gasteiger partial charge in [0.05, 0.1) is 18.5 Å². The number of aliphatic hydroxyl groups excluding tert-OH is 1. The lowest BCUT2D eigenvalue weighted by atomic mass is 10.0. The fourth-order valence-electron chi connectivity index (χ4n) is 2.95. The smallest absolute Gasteiger partial charge is 0.224 e. The van der Waals surface area contributed by atoms with Crippen molar-refractivity contribution in [2.24, 2.45) is 0 Å². The average molecular weight is 441 g/mol. The van der Waals surface area contributed by atoms with E-state index in [1.807, 2.05) is 38.2 Å². The fraction of sp³-hybridized carbons (Fsp3) is 0.318. The van der Waals surface area contributed by atoms with E-state index in [1.54, 1.807) is 12.3 Å². The van der Waals surface area contributed by atoms with Crippen LogP contribution < -0.4 is 10.6 Å². The van der Waals surface area contributed by atoms with Gasteiger partial charge in [0.25, 0.3) is 0 Å². The minimum Gasteiger partial charge on any atom is -0.395 e. The van der Waals surface area contributed by atoms with Crippen molar-refractivity contribution in [3.63, 3.8) is 0 Å². The monoisotopic (exact) mass is 440 g/mol. The van der Waals surface area contributed by atoms with Crippen LogP contribution in [0.2, 0.25) is 5.15 Å². The summed E-state index contributed by atoms with van der Waals surface area (Å²) in [6.07, 6.45) is 4.93. The van der Waals surface area contributed by atoms with Crippen molar-refractivity contribution >= 4 is 29.5 Å². The van der Waals surface area contributed by atoms with Gasteiger partial charge in [-0.15, -0.1) is 5.10 Å². The second kappa shape index (κ2) is 10.8. The van der Waals surface area contributed by atoms with Gasteiger partial charge in [0.15, 0.2) is 6.29 Å². The molecule has 8 nitrogen and oxygen atoms in total. The number of nitrogens with one attached hydrogen (secondary N) is 2. The van der Waals surface area contributed by atoms with Crippen LogP contribution in [0.1, 0.15) is 40.4 Å². The van der Waals surface area contributed by atoms with Crippen molar-refractivity contribution < 1.29 is 9.90 Å². The van der Waals surface area contributed by atoms with E-state index in [2.05, 4.69) is 30.8 Å². The molecule has 0 bridgehead atoms. The maximum atomic E-state index is 10.3. The number of nitrogens with zero attached hydrogens (tertiary/aromatic N) is 4. The zero-order chi connectivity index (χ0) is 22.2. The summed E-state index contributed by atoms with van der Waals surface area (Å²) in [7, 11) is 1.87. The summed E-state index contributed by atoms with van der Waals surface area (Å²) in [4.78, 5) is 18.8. The van der Waals surface area contributed by atoms with E-state index in [0.29, 0.717) is 29.3 Å². The first-order valence-electron chi connectivity index (χ1n) is 10.00. The lowest BCUT2D eigenvalue weighted by Gasteiger charge is -2.10. The van der Waals surface area contributed by atoms with E-state index in [-0.39, 0.29) is 6.61 Å². The van der Waals surface area contributed by atoms with Gasteiger partial charge in [-0.25, -0.2) is 9.97 Å². The van der Waals surface area contributed by atoms with Gasteiger partial charge in [0, 0.05) is 30.9 Å². The van der Waals surface area contributed by atoms with Crippen LogP contribution in [-0.2, 0) is 0 Å². The van der Waals surface area contributed by atoms with Gasteiger partial charge >= 0.3 is 0 Å². The van der Waals surface area contributed by atoms with E-state index in [4.69, 9.17) is 16.7 Å². The summed E-state index contributed by atoms with van der Waals surface area (Å²) in [5.41, 5.74) is 5.45. The van der Waals surface area contributed by atoms with Crippen LogP contribution in [0.4, 0.5) is 11.6 Å². The first-order valence-corrected chi connectivity index (χ1v) is 10.4. The molecule has 0 unspecified atom stereocenters. The molecular formula is C22H25ClN6O2. The summed E-state index contributed by atoms with van der Waals surface area (Å²) in [6, 6.07) is 9.60. The number of rotatable bonds is 7. The summed E-state index contributed by atoms with van der Waals surface area (Å²) in [5, 5.41) is 22.6. The van der Waals surface area contributed by atoms with Crippen molar-refractivity contribution in [3.8, 4) is 11.3 Å². The summed E-state index contributed by atoms with van der Waals surface area (Å²) in [6.45, 7) is 2.42. The van der Waals surface area contributed by atoms with Crippen LogP contribution in [-0.4, -0.2) is 51.8 Å². The molecule has 3 aromatic rings. The molecule has 162 valence electrons. The fourth-order valence-corrected chi connectivity index (χ4v) is 3.14. The van der Waals surface area contributed by atoms with Crippen molar-refractivity contribution in [2.75, 3.05) is 30.8 Å². The molecule has 2 aromatic heterocycles. The normalized spacial score (nSPS) is 12.5. The molecule has 4 rings (SSSR count). The Kier molecular flexibility index (Phi) is 7.86. The minimum atomic E-state index is 0.0134. The molecule has 0 amide bonds. The van der Waals surface area contributed by atoms with Gasteiger partial charge in [-0.1, -0.05) is 17.7 Å². The molecule has 2 heterocycles. The lowest BCUT2D eigenvalue weighted by molar-refractivity contribution is 0.111. The molecule has 0 aliphatic heterocycles. The van der Waals surface area contributed by atoms with Gasteiger partial charge < -0.3 is 15.7 Å². The number of hydrogen-bond acceptors (Lipinski definition) is 8. The Bertz CT molecular complexity index is 1040. The van der Waals surface area contributed by atoms with Crippen molar-refractivity contribution in [3.05, 3.63) is 58.5 Å². The highest BCUT2D eigenvalue weighted by molar-refractivity contribution is 6.29.